The van der Waals surface area contributed by atoms with Crippen LogP contribution in [-0.4, -0.2) is 38.5 Å². The maximum absolute atomic E-state index is 12.2. The molecule has 2 aromatic rings. The minimum absolute atomic E-state index is 0.329. The van der Waals surface area contributed by atoms with Crippen molar-refractivity contribution in [1.82, 2.24) is 0 Å². The highest BCUT2D eigenvalue weighted by atomic mass is 16.5. The van der Waals surface area contributed by atoms with E-state index in [-0.39, 0.29) is 5.91 Å². The number of benzene rings is 2. The molecule has 1 atom stereocenters. The van der Waals surface area contributed by atoms with Gasteiger partial charge in [-0.25, -0.2) is 4.79 Å². The van der Waals surface area contributed by atoms with E-state index in [2.05, 4.69) is 10.1 Å². The van der Waals surface area contributed by atoms with E-state index in [9.17, 15) is 14.4 Å². The molecule has 0 radical (unpaired) electrons. The fourth-order valence-electron chi connectivity index (χ4n) is 2.32. The lowest BCUT2D eigenvalue weighted by Gasteiger charge is -2.14. The monoisotopic (exact) mass is 355 g/mol. The van der Waals surface area contributed by atoms with E-state index < -0.39 is 12.0 Å². The minimum atomic E-state index is -0.732. The van der Waals surface area contributed by atoms with Crippen LogP contribution >= 0.6 is 0 Å². The van der Waals surface area contributed by atoms with E-state index in [0.717, 1.165) is 17.7 Å². The van der Waals surface area contributed by atoms with Crippen LogP contribution in [0, 0.1) is 0 Å². The molecule has 0 spiro atoms. The molecule has 26 heavy (non-hydrogen) atoms. The van der Waals surface area contributed by atoms with Gasteiger partial charge in [-0.2, -0.15) is 0 Å². The number of carbonyl (C=O) groups is 3. The van der Waals surface area contributed by atoms with Crippen molar-refractivity contribution in [3.63, 3.8) is 0 Å². The summed E-state index contributed by atoms with van der Waals surface area (Å²) >= 11 is 0. The zero-order valence-electron chi connectivity index (χ0n) is 14.6. The first kappa shape index (κ1) is 19.1. The van der Waals surface area contributed by atoms with E-state index in [1.165, 1.54) is 12.0 Å². The molecular formula is C19H21N3O4. The number of nitrogens with one attached hydrogen (secondary N) is 1. The number of methoxy groups -OCH3 is 1. The fourth-order valence-corrected chi connectivity index (χ4v) is 2.32. The summed E-state index contributed by atoms with van der Waals surface area (Å²) in [5, 5.41) is 2.71. The number of anilines is 2. The molecule has 1 unspecified atom stereocenters. The van der Waals surface area contributed by atoms with Crippen LogP contribution < -0.4 is 16.0 Å². The Morgan fingerprint density at radius 1 is 1.15 bits per heavy atom. The van der Waals surface area contributed by atoms with Gasteiger partial charge in [-0.1, -0.05) is 12.1 Å². The smallest absolute Gasteiger partial charge is 0.337 e. The lowest BCUT2D eigenvalue weighted by atomic mass is 10.1. The third kappa shape index (κ3) is 4.90. The maximum atomic E-state index is 12.2. The zero-order chi connectivity index (χ0) is 19.1. The van der Waals surface area contributed by atoms with Gasteiger partial charge in [-0.15, -0.1) is 0 Å². The van der Waals surface area contributed by atoms with Crippen molar-refractivity contribution < 1.29 is 19.1 Å². The van der Waals surface area contributed by atoms with Gasteiger partial charge in [0.1, 0.15) is 0 Å². The van der Waals surface area contributed by atoms with Crippen molar-refractivity contribution in [2.24, 2.45) is 5.73 Å². The Bertz CT molecular complexity index is 772. The molecule has 136 valence electrons. The van der Waals surface area contributed by atoms with E-state index in [1.807, 2.05) is 12.1 Å². The van der Waals surface area contributed by atoms with Crippen molar-refractivity contribution in [3.8, 4) is 0 Å². The Kier molecular flexibility index (Phi) is 6.46. The summed E-state index contributed by atoms with van der Waals surface area (Å²) in [7, 11) is 2.97. The van der Waals surface area contributed by atoms with Gasteiger partial charge >= 0.3 is 5.97 Å². The number of hydrogen-bond acceptors (Lipinski definition) is 5. The topological polar surface area (TPSA) is 102 Å². The minimum Gasteiger partial charge on any atom is -0.465 e. The first-order chi connectivity index (χ1) is 12.4. The predicted molar refractivity (Wildman–Crippen MR) is 99.0 cm³/mol. The van der Waals surface area contributed by atoms with Gasteiger partial charge in [-0.05, 0) is 48.4 Å². The van der Waals surface area contributed by atoms with Crippen LogP contribution in [0.5, 0.6) is 0 Å². The lowest BCUT2D eigenvalue weighted by Crippen LogP contribution is -2.37. The molecule has 0 bridgehead atoms. The third-order valence-electron chi connectivity index (χ3n) is 3.87. The van der Waals surface area contributed by atoms with Crippen molar-refractivity contribution in [2.45, 2.75) is 12.5 Å². The number of carbonyl (C=O) groups excluding carboxylic acids is 3. The summed E-state index contributed by atoms with van der Waals surface area (Å²) in [6.07, 6.45) is 1.08. The molecule has 0 aliphatic carbocycles. The molecule has 0 aliphatic heterocycles. The van der Waals surface area contributed by atoms with E-state index in [0.29, 0.717) is 17.7 Å². The number of nitrogens with two attached hydrogens (primary N) is 1. The second-order valence-electron chi connectivity index (χ2n) is 5.75. The number of hydrogen-bond donors (Lipinski definition) is 2. The summed E-state index contributed by atoms with van der Waals surface area (Å²) < 4.78 is 4.62. The highest BCUT2D eigenvalue weighted by Gasteiger charge is 2.15. The number of amides is 2. The van der Waals surface area contributed by atoms with Crippen LogP contribution in [0.15, 0.2) is 48.5 Å². The van der Waals surface area contributed by atoms with Crippen LogP contribution in [0.2, 0.25) is 0 Å². The van der Waals surface area contributed by atoms with Gasteiger partial charge in [0, 0.05) is 18.4 Å². The van der Waals surface area contributed by atoms with Gasteiger partial charge in [0.2, 0.25) is 12.3 Å². The van der Waals surface area contributed by atoms with E-state index in [1.54, 1.807) is 43.4 Å². The molecule has 0 saturated heterocycles. The average molecular weight is 355 g/mol. The molecule has 0 fully saturated rings. The summed E-state index contributed by atoms with van der Waals surface area (Å²) in [4.78, 5) is 35.8. The third-order valence-corrected chi connectivity index (χ3v) is 3.87. The average Bonchev–Trinajstić information content (AvgIpc) is 2.67. The number of ether oxygens (including phenoxy) is 1. The second-order valence-corrected chi connectivity index (χ2v) is 5.75. The quantitative estimate of drug-likeness (QED) is 0.580. The summed E-state index contributed by atoms with van der Waals surface area (Å²) in [5.74, 6) is -0.770. The number of rotatable bonds is 7. The van der Waals surface area contributed by atoms with E-state index >= 15 is 0 Å². The van der Waals surface area contributed by atoms with Gasteiger partial charge in [0.05, 0.1) is 18.7 Å². The first-order valence-electron chi connectivity index (χ1n) is 7.96. The normalized spacial score (nSPS) is 11.3. The highest BCUT2D eigenvalue weighted by Crippen LogP contribution is 2.14. The fraction of sp³-hybridized carbons (Fsp3) is 0.211. The molecule has 3 N–H and O–H groups in total. The van der Waals surface area contributed by atoms with E-state index in [4.69, 9.17) is 5.73 Å². The SMILES string of the molecule is COC(=O)c1ccc(NC(=O)C(N)Cc2ccc(N(C)C=O)cc2)cc1. The molecule has 0 aromatic heterocycles. The van der Waals surface area contributed by atoms with Gasteiger partial charge < -0.3 is 20.7 Å². The molecule has 0 saturated carbocycles. The van der Waals surface area contributed by atoms with Crippen LogP contribution in [0.25, 0.3) is 0 Å². The Balaban J connectivity index is 1.94. The van der Waals surface area contributed by atoms with Gasteiger partial charge in [0.25, 0.3) is 0 Å². The molecule has 7 heteroatoms. The molecule has 0 aliphatic rings. The predicted octanol–water partition coefficient (Wildman–Crippen LogP) is 1.57. The summed E-state index contributed by atoms with van der Waals surface area (Å²) in [6, 6.07) is 12.9. The maximum Gasteiger partial charge on any atom is 0.337 e. The van der Waals surface area contributed by atoms with Gasteiger partial charge in [0.15, 0.2) is 0 Å². The van der Waals surface area contributed by atoms with Crippen molar-refractivity contribution in [2.75, 3.05) is 24.4 Å². The van der Waals surface area contributed by atoms with Crippen molar-refractivity contribution in [1.29, 1.82) is 0 Å². The molecule has 0 heterocycles. The number of esters is 1. The van der Waals surface area contributed by atoms with Crippen molar-refractivity contribution >= 4 is 29.7 Å². The Labute approximate surface area is 151 Å². The molecule has 2 aromatic carbocycles. The number of nitrogens with zero attached hydrogens (tertiary/aromatic N) is 1. The second kappa shape index (κ2) is 8.77. The zero-order valence-corrected chi connectivity index (χ0v) is 14.6. The van der Waals surface area contributed by atoms with Crippen LogP contribution in [0.4, 0.5) is 11.4 Å². The Hall–Kier alpha value is -3.19. The standard InChI is InChI=1S/C19H21N3O4/c1-22(12-23)16-9-3-13(4-10-16)11-17(20)18(24)21-15-7-5-14(6-8-15)19(25)26-2/h3-10,12,17H,11,20H2,1-2H3,(H,21,24). The van der Waals surface area contributed by atoms with Crippen LogP contribution in [0.1, 0.15) is 15.9 Å². The summed E-state index contributed by atoms with van der Waals surface area (Å²) in [5.41, 5.74) is 8.55. The lowest BCUT2D eigenvalue weighted by molar-refractivity contribution is -0.117. The first-order valence-corrected chi connectivity index (χ1v) is 7.96. The molecular weight excluding hydrogens is 334 g/mol. The van der Waals surface area contributed by atoms with Crippen molar-refractivity contribution in [3.05, 3.63) is 59.7 Å². The van der Waals surface area contributed by atoms with Gasteiger partial charge in [-0.3, -0.25) is 9.59 Å². The highest BCUT2D eigenvalue weighted by molar-refractivity contribution is 5.95. The summed E-state index contributed by atoms with van der Waals surface area (Å²) in [6.45, 7) is 0. The Morgan fingerprint density at radius 2 is 1.77 bits per heavy atom. The largest absolute Gasteiger partial charge is 0.465 e. The molecule has 2 amide bonds. The van der Waals surface area contributed by atoms with Crippen LogP contribution in [0.3, 0.4) is 0 Å². The molecule has 2 rings (SSSR count). The Morgan fingerprint density at radius 3 is 2.31 bits per heavy atom. The van der Waals surface area contributed by atoms with Crippen LogP contribution in [-0.2, 0) is 20.7 Å². The molecule has 7 nitrogen and oxygen atoms in total.